The Morgan fingerprint density at radius 1 is 0.619 bits per heavy atom. The molecule has 0 aliphatic rings. The Bertz CT molecular complexity index is 184. The lowest BCUT2D eigenvalue weighted by molar-refractivity contribution is -0.910. The third-order valence-corrected chi connectivity index (χ3v) is 4.70. The third kappa shape index (κ3) is 15.2. The molecule has 0 saturated heterocycles. The first kappa shape index (κ1) is 23.8. The molecule has 0 aromatic heterocycles. The quantitative estimate of drug-likeness (QED) is 0.244. The Balaban J connectivity index is 0. The summed E-state index contributed by atoms with van der Waals surface area (Å²) in [5.41, 5.74) is 0. The van der Waals surface area contributed by atoms with Gasteiger partial charge in [-0.2, -0.15) is 0 Å². The molecule has 0 heterocycles. The Hall–Kier alpha value is 0.540. The third-order valence-electron chi connectivity index (χ3n) is 4.43. The molecule has 0 aliphatic carbocycles. The van der Waals surface area contributed by atoms with Gasteiger partial charge in [0.25, 0.3) is 0 Å². The van der Waals surface area contributed by atoms with E-state index in [2.05, 4.69) is 20.9 Å². The first-order valence-electron chi connectivity index (χ1n) is 9.08. The summed E-state index contributed by atoms with van der Waals surface area (Å²) >= 11 is 5.90. The summed E-state index contributed by atoms with van der Waals surface area (Å²) in [4.78, 5) is 0. The van der Waals surface area contributed by atoms with Crippen LogP contribution < -0.4 is 12.4 Å². The van der Waals surface area contributed by atoms with E-state index in [1.54, 1.807) is 0 Å². The summed E-state index contributed by atoms with van der Waals surface area (Å²) in [6, 6.07) is 0. The maximum Gasteiger partial charge on any atom is 0.0796 e. The molecule has 0 aromatic carbocycles. The standard InChI is InChI=1S/C18H39ClN.ClH/c1-4-6-8-10-12-16-20(3,18-14-15-19)17-13-11-9-7-5-2;/h4-18H2,1-3H3;1H/q+1;/p-1. The van der Waals surface area contributed by atoms with Crippen LogP contribution >= 0.6 is 11.6 Å². The van der Waals surface area contributed by atoms with Crippen LogP contribution in [0.3, 0.4) is 0 Å². The highest BCUT2D eigenvalue weighted by molar-refractivity contribution is 6.17. The van der Waals surface area contributed by atoms with Crippen LogP contribution in [0.25, 0.3) is 0 Å². The van der Waals surface area contributed by atoms with Gasteiger partial charge in [-0.1, -0.05) is 52.4 Å². The zero-order valence-electron chi connectivity index (χ0n) is 14.8. The zero-order chi connectivity index (χ0) is 15.1. The van der Waals surface area contributed by atoms with Gasteiger partial charge in [-0.25, -0.2) is 0 Å². The van der Waals surface area contributed by atoms with Crippen LogP contribution in [0.15, 0.2) is 0 Å². The van der Waals surface area contributed by atoms with Gasteiger partial charge in [-0.05, 0) is 25.7 Å². The summed E-state index contributed by atoms with van der Waals surface area (Å²) in [5.74, 6) is 0.819. The van der Waals surface area contributed by atoms with E-state index >= 15 is 0 Å². The van der Waals surface area contributed by atoms with Gasteiger partial charge in [-0.3, -0.25) is 0 Å². The van der Waals surface area contributed by atoms with Crippen LogP contribution in [0, 0.1) is 0 Å². The Morgan fingerprint density at radius 2 is 1.00 bits per heavy atom. The molecule has 1 nitrogen and oxygen atoms in total. The summed E-state index contributed by atoms with van der Waals surface area (Å²) in [6.07, 6.45) is 15.1. The van der Waals surface area contributed by atoms with Crippen molar-refractivity contribution in [3.63, 3.8) is 0 Å². The van der Waals surface area contributed by atoms with E-state index < -0.39 is 0 Å². The molecule has 0 spiro atoms. The molecule has 0 unspecified atom stereocenters. The summed E-state index contributed by atoms with van der Waals surface area (Å²) in [6.45, 7) is 8.56. The van der Waals surface area contributed by atoms with Crippen LogP contribution in [0.1, 0.15) is 84.5 Å². The SMILES string of the molecule is CCCCCCC[N+](C)(CCCCl)CCCCCCC.[Cl-]. The average molecular weight is 340 g/mol. The molecule has 130 valence electrons. The normalized spacial score (nSPS) is 11.4. The maximum absolute atomic E-state index is 5.90. The van der Waals surface area contributed by atoms with Crippen molar-refractivity contribution in [3.8, 4) is 0 Å². The van der Waals surface area contributed by atoms with Crippen LogP contribution in [-0.2, 0) is 0 Å². The average Bonchev–Trinajstić information content (AvgIpc) is 2.45. The Kier molecular flexibility index (Phi) is 19.2. The number of rotatable bonds is 15. The topological polar surface area (TPSA) is 0 Å². The van der Waals surface area contributed by atoms with E-state index in [0.717, 1.165) is 5.88 Å². The monoisotopic (exact) mass is 339 g/mol. The van der Waals surface area contributed by atoms with E-state index in [9.17, 15) is 0 Å². The molecule has 0 atom stereocenters. The van der Waals surface area contributed by atoms with E-state index in [1.807, 2.05) is 0 Å². The number of alkyl halides is 1. The largest absolute Gasteiger partial charge is 1.00 e. The molecule has 0 fully saturated rings. The van der Waals surface area contributed by atoms with Gasteiger partial charge in [0, 0.05) is 12.3 Å². The van der Waals surface area contributed by atoms with Crippen molar-refractivity contribution in [2.24, 2.45) is 0 Å². The van der Waals surface area contributed by atoms with Gasteiger partial charge in [0.15, 0.2) is 0 Å². The second-order valence-corrected chi connectivity index (χ2v) is 7.04. The van der Waals surface area contributed by atoms with Crippen molar-refractivity contribution in [3.05, 3.63) is 0 Å². The minimum atomic E-state index is 0. The molecule has 3 heteroatoms. The predicted molar refractivity (Wildman–Crippen MR) is 93.6 cm³/mol. The van der Waals surface area contributed by atoms with E-state index in [1.165, 1.54) is 94.7 Å². The van der Waals surface area contributed by atoms with Gasteiger partial charge in [0.1, 0.15) is 0 Å². The molecule has 0 bridgehead atoms. The van der Waals surface area contributed by atoms with Gasteiger partial charge >= 0.3 is 0 Å². The van der Waals surface area contributed by atoms with Crippen molar-refractivity contribution >= 4 is 11.6 Å². The smallest absolute Gasteiger partial charge is 0.0796 e. The molecule has 0 aromatic rings. The Labute approximate surface area is 145 Å². The lowest BCUT2D eigenvalue weighted by Gasteiger charge is -2.35. The fourth-order valence-electron chi connectivity index (χ4n) is 2.97. The number of unbranched alkanes of at least 4 members (excludes halogenated alkanes) is 8. The molecule has 21 heavy (non-hydrogen) atoms. The van der Waals surface area contributed by atoms with Gasteiger partial charge < -0.3 is 16.9 Å². The number of hydrogen-bond donors (Lipinski definition) is 0. The highest BCUT2D eigenvalue weighted by Gasteiger charge is 2.19. The van der Waals surface area contributed by atoms with Gasteiger partial charge in [0.2, 0.25) is 0 Å². The minimum absolute atomic E-state index is 0. The maximum atomic E-state index is 5.90. The van der Waals surface area contributed by atoms with Crippen molar-refractivity contribution in [1.29, 1.82) is 0 Å². The van der Waals surface area contributed by atoms with Crippen LogP contribution in [-0.4, -0.2) is 37.0 Å². The fraction of sp³-hybridized carbons (Fsp3) is 1.00. The molecule has 0 rings (SSSR count). The lowest BCUT2D eigenvalue weighted by atomic mass is 10.1. The van der Waals surface area contributed by atoms with Gasteiger partial charge in [0.05, 0.1) is 26.7 Å². The lowest BCUT2D eigenvalue weighted by Crippen LogP contribution is -3.00. The first-order chi connectivity index (χ1) is 9.68. The fourth-order valence-corrected chi connectivity index (χ4v) is 3.09. The van der Waals surface area contributed by atoms with Crippen molar-refractivity contribution in [1.82, 2.24) is 0 Å². The molecular formula is C18H39Cl2N. The Morgan fingerprint density at radius 3 is 1.38 bits per heavy atom. The molecule has 0 aliphatic heterocycles. The summed E-state index contributed by atoms with van der Waals surface area (Å²) in [5, 5.41) is 0. The second kappa shape index (κ2) is 16.9. The molecule has 0 radical (unpaired) electrons. The zero-order valence-corrected chi connectivity index (χ0v) is 16.3. The van der Waals surface area contributed by atoms with Gasteiger partial charge in [-0.15, -0.1) is 11.6 Å². The molecule has 0 amide bonds. The predicted octanol–water partition coefficient (Wildman–Crippen LogP) is 3.01. The first-order valence-corrected chi connectivity index (χ1v) is 9.61. The van der Waals surface area contributed by atoms with E-state index in [0.29, 0.717) is 0 Å². The van der Waals surface area contributed by atoms with E-state index in [4.69, 9.17) is 11.6 Å². The van der Waals surface area contributed by atoms with Crippen LogP contribution in [0.5, 0.6) is 0 Å². The minimum Gasteiger partial charge on any atom is -1.00 e. The van der Waals surface area contributed by atoms with E-state index in [-0.39, 0.29) is 12.4 Å². The second-order valence-electron chi connectivity index (χ2n) is 6.66. The highest BCUT2D eigenvalue weighted by atomic mass is 35.5. The number of halogens is 2. The molecule has 0 saturated carbocycles. The molecule has 0 N–H and O–H groups in total. The number of nitrogens with zero attached hydrogens (tertiary/aromatic N) is 1. The summed E-state index contributed by atoms with van der Waals surface area (Å²) < 4.78 is 1.25. The van der Waals surface area contributed by atoms with Crippen LogP contribution in [0.4, 0.5) is 0 Å². The summed E-state index contributed by atoms with van der Waals surface area (Å²) in [7, 11) is 2.45. The number of hydrogen-bond acceptors (Lipinski definition) is 0. The van der Waals surface area contributed by atoms with Crippen molar-refractivity contribution < 1.29 is 16.9 Å². The van der Waals surface area contributed by atoms with Crippen molar-refractivity contribution in [2.75, 3.05) is 32.6 Å². The van der Waals surface area contributed by atoms with Crippen LogP contribution in [0.2, 0.25) is 0 Å². The molecular weight excluding hydrogens is 301 g/mol. The van der Waals surface area contributed by atoms with Crippen molar-refractivity contribution in [2.45, 2.75) is 84.5 Å². The number of quaternary nitrogens is 1. The highest BCUT2D eigenvalue weighted by Crippen LogP contribution is 2.14.